The Morgan fingerprint density at radius 2 is 1.70 bits per heavy atom. The first-order valence-corrected chi connectivity index (χ1v) is 7.55. The monoisotopic (exact) mass is 324 g/mol. The van der Waals surface area contributed by atoms with Crippen molar-refractivity contribution < 1.29 is 23.9 Å². The van der Waals surface area contributed by atoms with Crippen LogP contribution in [-0.2, 0) is 14.3 Å². The van der Waals surface area contributed by atoms with Crippen LogP contribution in [0.1, 0.15) is 52.9 Å². The summed E-state index contributed by atoms with van der Waals surface area (Å²) in [4.78, 5) is 40.6. The van der Waals surface area contributed by atoms with Crippen molar-refractivity contribution in [2.24, 2.45) is 0 Å². The Hall–Kier alpha value is -2.31. The summed E-state index contributed by atoms with van der Waals surface area (Å²) in [6.07, 6.45) is -0.896. The molecule has 1 N–H and O–H groups in total. The minimum absolute atomic E-state index is 0.155. The van der Waals surface area contributed by atoms with E-state index in [4.69, 9.17) is 9.47 Å². The Labute approximate surface area is 135 Å². The third-order valence-corrected chi connectivity index (χ3v) is 3.74. The van der Waals surface area contributed by atoms with E-state index in [1.807, 2.05) is 13.8 Å². The van der Waals surface area contributed by atoms with Gasteiger partial charge in [0.25, 0.3) is 5.91 Å². The minimum atomic E-state index is -0.896. The number of ether oxygens (including phenoxy) is 2. The highest BCUT2D eigenvalue weighted by molar-refractivity contribution is 5.99. The molecule has 0 spiro atoms. The van der Waals surface area contributed by atoms with Gasteiger partial charge in [-0.05, 0) is 40.2 Å². The number of carbonyl (C=O) groups is 3. The molecule has 128 valence electrons. The second-order valence-electron chi connectivity index (χ2n) is 5.17. The summed E-state index contributed by atoms with van der Waals surface area (Å²) in [5, 5.41) is 0. The quantitative estimate of drug-likeness (QED) is 0.807. The van der Waals surface area contributed by atoms with Crippen LogP contribution in [0.3, 0.4) is 0 Å². The highest BCUT2D eigenvalue weighted by atomic mass is 16.5. The molecule has 0 aliphatic carbocycles. The van der Waals surface area contributed by atoms with Gasteiger partial charge in [-0.2, -0.15) is 0 Å². The van der Waals surface area contributed by atoms with Crippen molar-refractivity contribution in [1.82, 2.24) is 9.88 Å². The van der Waals surface area contributed by atoms with Crippen molar-refractivity contribution in [1.29, 1.82) is 0 Å². The molecule has 7 heteroatoms. The van der Waals surface area contributed by atoms with E-state index in [0.717, 1.165) is 0 Å². The Balaban J connectivity index is 2.95. The largest absolute Gasteiger partial charge is 0.465 e. The number of nitrogens with zero attached hydrogens (tertiary/aromatic N) is 1. The summed E-state index contributed by atoms with van der Waals surface area (Å²) >= 11 is 0. The normalized spacial score (nSPS) is 11.7. The molecular formula is C16H24N2O5. The maximum Gasteiger partial charge on any atom is 0.355 e. The van der Waals surface area contributed by atoms with Gasteiger partial charge in [-0.1, -0.05) is 0 Å². The molecule has 0 aromatic carbocycles. The Morgan fingerprint density at radius 3 is 2.17 bits per heavy atom. The van der Waals surface area contributed by atoms with Crippen molar-refractivity contribution in [3.05, 3.63) is 22.5 Å². The Bertz CT molecular complexity index is 602. The molecule has 0 aliphatic heterocycles. The fourth-order valence-corrected chi connectivity index (χ4v) is 2.42. The van der Waals surface area contributed by atoms with Crippen LogP contribution in [0, 0.1) is 13.8 Å². The summed E-state index contributed by atoms with van der Waals surface area (Å²) < 4.78 is 9.93. The number of aromatic amines is 1. The van der Waals surface area contributed by atoms with Crippen molar-refractivity contribution in [3.63, 3.8) is 0 Å². The number of hydrogen-bond donors (Lipinski definition) is 1. The molecule has 0 saturated heterocycles. The molecule has 1 amide bonds. The third kappa shape index (κ3) is 3.91. The smallest absolute Gasteiger partial charge is 0.355 e. The van der Waals surface area contributed by atoms with Crippen LogP contribution in [0.5, 0.6) is 0 Å². The summed E-state index contributed by atoms with van der Waals surface area (Å²) in [6.45, 7) is 9.64. The van der Waals surface area contributed by atoms with Crippen LogP contribution in [0.25, 0.3) is 0 Å². The SMILES string of the molecule is CCN(CC)C(=O)C(C)OC(=O)c1[nH]c(C)c(C(=O)OC)c1C. The van der Waals surface area contributed by atoms with E-state index in [1.165, 1.54) is 14.0 Å². The lowest BCUT2D eigenvalue weighted by Gasteiger charge is -2.22. The molecular weight excluding hydrogens is 300 g/mol. The van der Waals surface area contributed by atoms with Crippen LogP contribution >= 0.6 is 0 Å². The molecule has 1 aromatic rings. The second kappa shape index (κ2) is 7.80. The predicted octanol–water partition coefficient (Wildman–Crippen LogP) is 1.83. The number of rotatable bonds is 6. The topological polar surface area (TPSA) is 88.7 Å². The Morgan fingerprint density at radius 1 is 1.13 bits per heavy atom. The number of H-pyrrole nitrogens is 1. The van der Waals surface area contributed by atoms with Gasteiger partial charge in [0, 0.05) is 18.8 Å². The van der Waals surface area contributed by atoms with Crippen molar-refractivity contribution in [2.45, 2.75) is 40.7 Å². The number of aryl methyl sites for hydroxylation is 1. The van der Waals surface area contributed by atoms with Gasteiger partial charge >= 0.3 is 11.9 Å². The molecule has 1 atom stereocenters. The molecule has 1 unspecified atom stereocenters. The van der Waals surface area contributed by atoms with Crippen LogP contribution in [0.2, 0.25) is 0 Å². The molecule has 23 heavy (non-hydrogen) atoms. The standard InChI is InChI=1S/C16H24N2O5/c1-7-18(8-2)14(19)11(5)23-16(21)13-9(3)12(10(4)17-13)15(20)22-6/h11,17H,7-8H2,1-6H3. The van der Waals surface area contributed by atoms with Crippen molar-refractivity contribution >= 4 is 17.8 Å². The fraction of sp³-hybridized carbons (Fsp3) is 0.562. The zero-order valence-corrected chi connectivity index (χ0v) is 14.5. The second-order valence-corrected chi connectivity index (χ2v) is 5.17. The lowest BCUT2D eigenvalue weighted by atomic mass is 10.1. The van der Waals surface area contributed by atoms with Crippen molar-refractivity contribution in [2.75, 3.05) is 20.2 Å². The van der Waals surface area contributed by atoms with Gasteiger partial charge in [-0.3, -0.25) is 4.79 Å². The van der Waals surface area contributed by atoms with E-state index in [2.05, 4.69) is 4.98 Å². The number of carbonyl (C=O) groups excluding carboxylic acids is 3. The Kier molecular flexibility index (Phi) is 6.36. The van der Waals surface area contributed by atoms with Crippen LogP contribution in [-0.4, -0.2) is 54.0 Å². The first-order valence-electron chi connectivity index (χ1n) is 7.55. The zero-order valence-electron chi connectivity index (χ0n) is 14.5. The van der Waals surface area contributed by atoms with Gasteiger partial charge in [-0.15, -0.1) is 0 Å². The summed E-state index contributed by atoms with van der Waals surface area (Å²) in [5.41, 5.74) is 1.43. The van der Waals surface area contributed by atoms with Gasteiger partial charge in [0.15, 0.2) is 6.10 Å². The molecule has 1 aromatic heterocycles. The van der Waals surface area contributed by atoms with Gasteiger partial charge in [0.1, 0.15) is 5.69 Å². The first-order chi connectivity index (χ1) is 10.8. The number of hydrogen-bond acceptors (Lipinski definition) is 5. The van der Waals surface area contributed by atoms with Crippen LogP contribution < -0.4 is 0 Å². The average Bonchev–Trinajstić information content (AvgIpc) is 2.82. The molecule has 1 heterocycles. The number of aromatic nitrogens is 1. The molecule has 0 radical (unpaired) electrons. The van der Waals surface area contributed by atoms with E-state index in [0.29, 0.717) is 29.9 Å². The first kappa shape index (κ1) is 18.7. The minimum Gasteiger partial charge on any atom is -0.465 e. The summed E-state index contributed by atoms with van der Waals surface area (Å²) in [6, 6.07) is 0. The maximum atomic E-state index is 12.3. The van der Waals surface area contributed by atoms with Crippen LogP contribution in [0.15, 0.2) is 0 Å². The van der Waals surface area contributed by atoms with Gasteiger partial charge in [0.2, 0.25) is 0 Å². The van der Waals surface area contributed by atoms with Crippen LogP contribution in [0.4, 0.5) is 0 Å². The van der Waals surface area contributed by atoms with Gasteiger partial charge in [0.05, 0.1) is 12.7 Å². The van der Waals surface area contributed by atoms with E-state index in [-0.39, 0.29) is 11.6 Å². The van der Waals surface area contributed by atoms with Gasteiger partial charge in [-0.25, -0.2) is 9.59 Å². The molecule has 0 aliphatic rings. The molecule has 0 bridgehead atoms. The number of likely N-dealkylation sites (N-methyl/N-ethyl adjacent to an activating group) is 1. The molecule has 1 rings (SSSR count). The lowest BCUT2D eigenvalue weighted by Crippen LogP contribution is -2.39. The summed E-state index contributed by atoms with van der Waals surface area (Å²) in [5.74, 6) is -1.45. The van der Waals surface area contributed by atoms with Gasteiger partial charge < -0.3 is 19.4 Å². The summed E-state index contributed by atoms with van der Waals surface area (Å²) in [7, 11) is 1.27. The highest BCUT2D eigenvalue weighted by Gasteiger charge is 2.27. The third-order valence-electron chi connectivity index (χ3n) is 3.74. The molecule has 7 nitrogen and oxygen atoms in total. The molecule has 0 saturated carbocycles. The predicted molar refractivity (Wildman–Crippen MR) is 84.4 cm³/mol. The van der Waals surface area contributed by atoms with E-state index < -0.39 is 18.0 Å². The van der Waals surface area contributed by atoms with E-state index >= 15 is 0 Å². The van der Waals surface area contributed by atoms with Crippen molar-refractivity contribution in [3.8, 4) is 0 Å². The number of methoxy groups -OCH3 is 1. The number of nitrogens with one attached hydrogen (secondary N) is 1. The molecule has 0 fully saturated rings. The average molecular weight is 324 g/mol. The number of amides is 1. The highest BCUT2D eigenvalue weighted by Crippen LogP contribution is 2.20. The lowest BCUT2D eigenvalue weighted by molar-refractivity contribution is -0.139. The van der Waals surface area contributed by atoms with E-state index in [1.54, 1.807) is 18.7 Å². The zero-order chi connectivity index (χ0) is 17.7. The van der Waals surface area contributed by atoms with E-state index in [9.17, 15) is 14.4 Å². The fourth-order valence-electron chi connectivity index (χ4n) is 2.42. The maximum absolute atomic E-state index is 12.3. The number of esters is 2.